The van der Waals surface area contributed by atoms with E-state index in [2.05, 4.69) is 20.4 Å². The molecule has 0 unspecified atom stereocenters. The van der Waals surface area contributed by atoms with Crippen molar-refractivity contribution in [1.82, 2.24) is 20.5 Å². The quantitative estimate of drug-likeness (QED) is 0.335. The molecule has 1 saturated heterocycles. The van der Waals surface area contributed by atoms with Crippen molar-refractivity contribution in [3.8, 4) is 5.75 Å². The second-order valence-electron chi connectivity index (χ2n) is 8.93. The number of ether oxygens (including phenoxy) is 2. The number of rotatable bonds is 8. The van der Waals surface area contributed by atoms with Crippen molar-refractivity contribution in [2.75, 3.05) is 20.8 Å². The Labute approximate surface area is 214 Å². The fraction of sp³-hybridized carbons (Fsp3) is 0.320. The molecule has 0 spiro atoms. The molecule has 198 valence electrons. The second-order valence-corrected chi connectivity index (χ2v) is 8.93. The van der Waals surface area contributed by atoms with E-state index in [1.54, 1.807) is 6.07 Å². The van der Waals surface area contributed by atoms with Crippen molar-refractivity contribution in [3.05, 3.63) is 58.5 Å². The van der Waals surface area contributed by atoms with Crippen LogP contribution in [0.2, 0.25) is 0 Å². The van der Waals surface area contributed by atoms with Gasteiger partial charge in [0.15, 0.2) is 22.7 Å². The summed E-state index contributed by atoms with van der Waals surface area (Å²) in [7, 11) is 2.54. The molecule has 1 fully saturated rings. The number of pyridine rings is 1. The number of nitrogens with zero attached hydrogens (tertiary/aromatic N) is 2. The first-order chi connectivity index (χ1) is 18.2. The van der Waals surface area contributed by atoms with Gasteiger partial charge < -0.3 is 24.1 Å². The van der Waals surface area contributed by atoms with Crippen LogP contribution in [0.15, 0.2) is 28.7 Å². The van der Waals surface area contributed by atoms with E-state index in [1.165, 1.54) is 31.3 Å². The van der Waals surface area contributed by atoms with Gasteiger partial charge in [0.05, 0.1) is 32.0 Å². The Morgan fingerprint density at radius 1 is 1.21 bits per heavy atom. The van der Waals surface area contributed by atoms with E-state index in [4.69, 9.17) is 9.15 Å². The van der Waals surface area contributed by atoms with E-state index in [-0.39, 0.29) is 53.3 Å². The Hall–Kier alpha value is -4.55. The molecule has 2 aliphatic heterocycles. The number of amides is 4. The minimum atomic E-state index is -1.88. The third-order valence-corrected chi connectivity index (χ3v) is 6.62. The molecule has 5 rings (SSSR count). The molecule has 2 aliphatic rings. The van der Waals surface area contributed by atoms with Crippen LogP contribution in [-0.2, 0) is 32.8 Å². The summed E-state index contributed by atoms with van der Waals surface area (Å²) < 4.78 is 44.8. The number of furan rings is 1. The highest BCUT2D eigenvalue weighted by Crippen LogP contribution is 2.36. The van der Waals surface area contributed by atoms with Gasteiger partial charge in [-0.1, -0.05) is 6.07 Å². The van der Waals surface area contributed by atoms with Gasteiger partial charge >= 0.3 is 12.0 Å². The lowest BCUT2D eigenvalue weighted by atomic mass is 9.95. The van der Waals surface area contributed by atoms with E-state index in [1.807, 2.05) is 0 Å². The van der Waals surface area contributed by atoms with E-state index >= 15 is 0 Å². The molecule has 1 aromatic carbocycles. The summed E-state index contributed by atoms with van der Waals surface area (Å²) in [6.45, 7) is -0.425. The van der Waals surface area contributed by atoms with E-state index < -0.39 is 47.5 Å². The molecule has 11 nitrogen and oxygen atoms in total. The number of esters is 1. The molecular weight excluding hydrogens is 506 g/mol. The minimum absolute atomic E-state index is 0.00866. The van der Waals surface area contributed by atoms with E-state index in [0.29, 0.717) is 12.0 Å². The number of methoxy groups -OCH3 is 2. The molecule has 0 bridgehead atoms. The lowest BCUT2D eigenvalue weighted by Crippen LogP contribution is -2.52. The predicted octanol–water partition coefficient (Wildman–Crippen LogP) is 2.30. The third kappa shape index (κ3) is 4.09. The highest BCUT2D eigenvalue weighted by molar-refractivity contribution is 6.08. The van der Waals surface area contributed by atoms with Crippen molar-refractivity contribution in [3.63, 3.8) is 0 Å². The number of carbonyl (C=O) groups excluding carboxylic acids is 4. The fourth-order valence-corrected chi connectivity index (χ4v) is 4.69. The number of urea groups is 1. The highest BCUT2D eigenvalue weighted by atomic mass is 19.1. The summed E-state index contributed by atoms with van der Waals surface area (Å²) in [4.78, 5) is 55.2. The predicted molar refractivity (Wildman–Crippen MR) is 125 cm³/mol. The lowest BCUT2D eigenvalue weighted by molar-refractivity contribution is -0.140. The Kier molecular flexibility index (Phi) is 6.21. The SMILES string of the molecule is COC(=O)CCCc1nc2cc([C@]3(CN4Cc5ccc(OC)c(F)c5C4=O)NC(=O)NC3=O)oc2cc1F. The van der Waals surface area contributed by atoms with Gasteiger partial charge in [-0.25, -0.2) is 18.6 Å². The van der Waals surface area contributed by atoms with E-state index in [9.17, 15) is 28.0 Å². The normalized spacial score (nSPS) is 18.5. The summed E-state index contributed by atoms with van der Waals surface area (Å²) >= 11 is 0. The number of hydrogen-bond acceptors (Lipinski definition) is 8. The first kappa shape index (κ1) is 25.1. The van der Waals surface area contributed by atoms with Gasteiger partial charge in [-0.05, 0) is 24.5 Å². The topological polar surface area (TPSA) is 140 Å². The molecule has 0 radical (unpaired) electrons. The Balaban J connectivity index is 1.48. The number of nitrogens with one attached hydrogen (secondary N) is 2. The van der Waals surface area contributed by atoms with Gasteiger partial charge in [0, 0.05) is 25.1 Å². The number of carbonyl (C=O) groups is 4. The molecule has 1 atom stereocenters. The smallest absolute Gasteiger partial charge is 0.322 e. The molecule has 13 heteroatoms. The zero-order chi connectivity index (χ0) is 27.2. The lowest BCUT2D eigenvalue weighted by Gasteiger charge is -2.28. The molecule has 0 aliphatic carbocycles. The van der Waals surface area contributed by atoms with Crippen LogP contribution >= 0.6 is 0 Å². The van der Waals surface area contributed by atoms with Crippen molar-refractivity contribution in [2.45, 2.75) is 31.3 Å². The monoisotopic (exact) mass is 528 g/mol. The van der Waals surface area contributed by atoms with Crippen molar-refractivity contribution >= 4 is 34.9 Å². The minimum Gasteiger partial charge on any atom is -0.494 e. The number of aromatic nitrogens is 1. The van der Waals surface area contributed by atoms with Crippen LogP contribution in [0.1, 0.15) is 40.2 Å². The number of hydrogen-bond donors (Lipinski definition) is 2. The molecule has 4 amide bonds. The fourth-order valence-electron chi connectivity index (χ4n) is 4.69. The third-order valence-electron chi connectivity index (χ3n) is 6.62. The standard InChI is InChI=1S/C25H22F2N4O7/c1-36-16-7-6-12-10-31(22(33)20(12)21(16)27)11-25(23(34)29-24(35)30-25)18-9-15-17(38-18)8-13(26)14(28-15)4-3-5-19(32)37-2/h6-9H,3-5,10-11H2,1-2H3,(H2,29,30,34,35)/t25-/m0/s1. The zero-order valence-electron chi connectivity index (χ0n) is 20.4. The molecule has 2 N–H and O–H groups in total. The molecule has 0 saturated carbocycles. The summed E-state index contributed by atoms with van der Waals surface area (Å²) in [5.41, 5.74) is -1.38. The summed E-state index contributed by atoms with van der Waals surface area (Å²) in [5.74, 6) is -3.62. The summed E-state index contributed by atoms with van der Waals surface area (Å²) in [5, 5.41) is 4.65. The highest BCUT2D eigenvalue weighted by Gasteiger charge is 2.53. The van der Waals surface area contributed by atoms with Crippen LogP contribution in [0.25, 0.3) is 11.1 Å². The zero-order valence-corrected chi connectivity index (χ0v) is 20.4. The van der Waals surface area contributed by atoms with Crippen LogP contribution in [0.4, 0.5) is 13.6 Å². The molecule has 3 aromatic rings. The van der Waals surface area contributed by atoms with Crippen LogP contribution in [0.3, 0.4) is 0 Å². The van der Waals surface area contributed by atoms with E-state index in [0.717, 1.165) is 6.07 Å². The molecule has 2 aromatic heterocycles. The van der Waals surface area contributed by atoms with Crippen molar-refractivity contribution in [2.24, 2.45) is 0 Å². The summed E-state index contributed by atoms with van der Waals surface area (Å²) in [6.07, 6.45) is 0.532. The first-order valence-corrected chi connectivity index (χ1v) is 11.6. The molecule has 4 heterocycles. The van der Waals surface area contributed by atoms with Gasteiger partial charge in [0.25, 0.3) is 11.8 Å². The Bertz CT molecular complexity index is 1500. The van der Waals surface area contributed by atoms with Crippen LogP contribution in [0.5, 0.6) is 5.75 Å². The number of imide groups is 1. The maximum Gasteiger partial charge on any atom is 0.322 e. The first-order valence-electron chi connectivity index (χ1n) is 11.6. The average molecular weight is 528 g/mol. The van der Waals surface area contributed by atoms with Crippen LogP contribution in [-0.4, -0.2) is 54.5 Å². The molecule has 38 heavy (non-hydrogen) atoms. The Morgan fingerprint density at radius 2 is 2.00 bits per heavy atom. The maximum absolute atomic E-state index is 14.8. The van der Waals surface area contributed by atoms with Gasteiger partial charge in [0.1, 0.15) is 17.1 Å². The number of fused-ring (bicyclic) bond motifs is 2. The second kappa shape index (κ2) is 9.39. The number of aryl methyl sites for hydroxylation is 1. The number of halogens is 2. The van der Waals surface area contributed by atoms with Crippen LogP contribution < -0.4 is 15.4 Å². The van der Waals surface area contributed by atoms with Gasteiger partial charge in [-0.2, -0.15) is 0 Å². The van der Waals surface area contributed by atoms with Gasteiger partial charge in [-0.3, -0.25) is 19.7 Å². The van der Waals surface area contributed by atoms with Crippen molar-refractivity contribution < 1.29 is 41.8 Å². The van der Waals surface area contributed by atoms with Crippen LogP contribution in [0, 0.1) is 11.6 Å². The average Bonchev–Trinajstić information content (AvgIpc) is 3.53. The Morgan fingerprint density at radius 3 is 2.68 bits per heavy atom. The number of benzene rings is 1. The molecular formula is C25H22F2N4O7. The van der Waals surface area contributed by atoms with Crippen molar-refractivity contribution in [1.29, 1.82) is 0 Å². The van der Waals surface area contributed by atoms with Gasteiger partial charge in [0.2, 0.25) is 0 Å². The summed E-state index contributed by atoms with van der Waals surface area (Å²) in [6, 6.07) is 4.59. The van der Waals surface area contributed by atoms with Gasteiger partial charge in [-0.15, -0.1) is 0 Å². The largest absolute Gasteiger partial charge is 0.494 e. The maximum atomic E-state index is 14.8.